The Labute approximate surface area is 153 Å². The number of nitrogens with zero attached hydrogens (tertiary/aromatic N) is 2. The van der Waals surface area contributed by atoms with E-state index in [1.165, 1.54) is 12.8 Å². The number of benzene rings is 2. The smallest absolute Gasteiger partial charge is 0.228 e. The van der Waals surface area contributed by atoms with Crippen LogP contribution in [0.25, 0.3) is 11.0 Å². The molecule has 1 fully saturated rings. The Balaban J connectivity index is 1.56. The van der Waals surface area contributed by atoms with Crippen LogP contribution in [0.3, 0.4) is 0 Å². The lowest BCUT2D eigenvalue weighted by molar-refractivity contribution is -0.116. The molecule has 1 unspecified atom stereocenters. The molecule has 1 saturated carbocycles. The van der Waals surface area contributed by atoms with E-state index in [4.69, 9.17) is 5.73 Å². The molecule has 1 heterocycles. The van der Waals surface area contributed by atoms with E-state index < -0.39 is 0 Å². The normalized spacial score (nSPS) is 16.0. The Hall–Kier alpha value is -2.66. The van der Waals surface area contributed by atoms with Gasteiger partial charge in [0.25, 0.3) is 0 Å². The molecule has 1 aliphatic rings. The standard InChI is InChI=1S/C21H24N4O/c22-17(15-8-2-1-3-9-15)14-20(26)24-21-23-18-12-6-7-13-19(18)25(21)16-10-4-5-11-16/h1-3,6-9,12-13,16-17H,4-5,10-11,14,22H2,(H,23,24,26). The molecule has 1 aliphatic carbocycles. The zero-order chi connectivity index (χ0) is 17.9. The minimum Gasteiger partial charge on any atom is -0.324 e. The van der Waals surface area contributed by atoms with Crippen molar-refractivity contribution >= 4 is 22.9 Å². The van der Waals surface area contributed by atoms with Crippen molar-refractivity contribution in [2.45, 2.75) is 44.2 Å². The number of fused-ring (bicyclic) bond motifs is 1. The third-order valence-corrected chi connectivity index (χ3v) is 5.17. The predicted molar refractivity (Wildman–Crippen MR) is 104 cm³/mol. The SMILES string of the molecule is NC(CC(=O)Nc1nc2ccccc2n1C1CCCC1)c1ccccc1. The molecule has 3 N–H and O–H groups in total. The lowest BCUT2D eigenvalue weighted by Gasteiger charge is -2.17. The molecule has 5 nitrogen and oxygen atoms in total. The fourth-order valence-electron chi connectivity index (χ4n) is 3.86. The summed E-state index contributed by atoms with van der Waals surface area (Å²) in [4.78, 5) is 17.3. The number of carbonyl (C=O) groups excluding carboxylic acids is 1. The van der Waals surface area contributed by atoms with Crippen LogP contribution in [0.15, 0.2) is 54.6 Å². The lowest BCUT2D eigenvalue weighted by Crippen LogP contribution is -2.22. The van der Waals surface area contributed by atoms with Crippen molar-refractivity contribution in [2.24, 2.45) is 5.73 Å². The molecular formula is C21H24N4O. The van der Waals surface area contributed by atoms with Gasteiger partial charge in [-0.3, -0.25) is 10.1 Å². The quantitative estimate of drug-likeness (QED) is 0.726. The Bertz CT molecular complexity index is 897. The highest BCUT2D eigenvalue weighted by molar-refractivity contribution is 5.92. The summed E-state index contributed by atoms with van der Waals surface area (Å²) in [6, 6.07) is 17.9. The highest BCUT2D eigenvalue weighted by Gasteiger charge is 2.24. The van der Waals surface area contributed by atoms with Crippen molar-refractivity contribution in [3.05, 3.63) is 60.2 Å². The number of hydrogen-bond donors (Lipinski definition) is 2. The first-order valence-corrected chi connectivity index (χ1v) is 9.30. The summed E-state index contributed by atoms with van der Waals surface area (Å²) in [6.07, 6.45) is 4.95. The Morgan fingerprint density at radius 1 is 1.12 bits per heavy atom. The van der Waals surface area contributed by atoms with Crippen molar-refractivity contribution in [1.29, 1.82) is 0 Å². The number of para-hydroxylation sites is 2. The van der Waals surface area contributed by atoms with Crippen LogP contribution in [0.5, 0.6) is 0 Å². The number of nitrogens with one attached hydrogen (secondary N) is 1. The molecule has 26 heavy (non-hydrogen) atoms. The van der Waals surface area contributed by atoms with Gasteiger partial charge in [0.15, 0.2) is 0 Å². The van der Waals surface area contributed by atoms with Crippen LogP contribution in [0.4, 0.5) is 5.95 Å². The summed E-state index contributed by atoms with van der Waals surface area (Å²) in [6.45, 7) is 0. The van der Waals surface area contributed by atoms with Gasteiger partial charge in [-0.2, -0.15) is 0 Å². The van der Waals surface area contributed by atoms with Crippen molar-refractivity contribution in [3.63, 3.8) is 0 Å². The van der Waals surface area contributed by atoms with E-state index in [1.54, 1.807) is 0 Å². The predicted octanol–water partition coefficient (Wildman–Crippen LogP) is 4.18. The van der Waals surface area contributed by atoms with E-state index in [0.29, 0.717) is 12.0 Å². The second kappa shape index (κ2) is 7.30. The number of rotatable bonds is 5. The van der Waals surface area contributed by atoms with E-state index in [0.717, 1.165) is 29.4 Å². The number of anilines is 1. The molecule has 3 aromatic rings. The maximum Gasteiger partial charge on any atom is 0.228 e. The molecular weight excluding hydrogens is 324 g/mol. The van der Waals surface area contributed by atoms with E-state index in [9.17, 15) is 4.79 Å². The molecule has 0 aliphatic heterocycles. The largest absolute Gasteiger partial charge is 0.324 e. The van der Waals surface area contributed by atoms with Gasteiger partial charge in [-0.1, -0.05) is 55.3 Å². The summed E-state index contributed by atoms with van der Waals surface area (Å²) >= 11 is 0. The summed E-state index contributed by atoms with van der Waals surface area (Å²) in [5, 5.41) is 3.01. The van der Waals surface area contributed by atoms with Gasteiger partial charge in [-0.25, -0.2) is 4.98 Å². The number of carbonyl (C=O) groups is 1. The molecule has 134 valence electrons. The summed E-state index contributed by atoms with van der Waals surface area (Å²) in [7, 11) is 0. The van der Waals surface area contributed by atoms with Crippen LogP contribution < -0.4 is 11.1 Å². The Morgan fingerprint density at radius 3 is 2.58 bits per heavy atom. The number of hydrogen-bond acceptors (Lipinski definition) is 3. The van der Waals surface area contributed by atoms with Crippen LogP contribution in [0, 0.1) is 0 Å². The van der Waals surface area contributed by atoms with Gasteiger partial charge in [0.1, 0.15) is 0 Å². The van der Waals surface area contributed by atoms with Crippen LogP contribution >= 0.6 is 0 Å². The van der Waals surface area contributed by atoms with Crippen molar-refractivity contribution in [2.75, 3.05) is 5.32 Å². The molecule has 0 radical (unpaired) electrons. The zero-order valence-electron chi connectivity index (χ0n) is 14.8. The second-order valence-electron chi connectivity index (χ2n) is 7.00. The van der Waals surface area contributed by atoms with Crippen molar-refractivity contribution in [1.82, 2.24) is 9.55 Å². The first-order chi connectivity index (χ1) is 12.7. The number of aromatic nitrogens is 2. The average molecular weight is 348 g/mol. The highest BCUT2D eigenvalue weighted by Crippen LogP contribution is 2.35. The molecule has 1 aromatic heterocycles. The first-order valence-electron chi connectivity index (χ1n) is 9.30. The van der Waals surface area contributed by atoms with Gasteiger partial charge < -0.3 is 10.3 Å². The molecule has 5 heteroatoms. The van der Waals surface area contributed by atoms with Gasteiger partial charge in [-0.15, -0.1) is 0 Å². The first kappa shape index (κ1) is 16.8. The zero-order valence-corrected chi connectivity index (χ0v) is 14.8. The molecule has 0 spiro atoms. The fraction of sp³-hybridized carbons (Fsp3) is 0.333. The summed E-state index contributed by atoms with van der Waals surface area (Å²) in [5.74, 6) is 0.541. The van der Waals surface area contributed by atoms with Gasteiger partial charge in [0.05, 0.1) is 11.0 Å². The van der Waals surface area contributed by atoms with E-state index in [2.05, 4.69) is 20.9 Å². The maximum atomic E-state index is 12.6. The topological polar surface area (TPSA) is 72.9 Å². The Kier molecular flexibility index (Phi) is 4.71. The second-order valence-corrected chi connectivity index (χ2v) is 7.00. The highest BCUT2D eigenvalue weighted by atomic mass is 16.1. The van der Waals surface area contributed by atoms with E-state index >= 15 is 0 Å². The van der Waals surface area contributed by atoms with E-state index in [-0.39, 0.29) is 18.4 Å². The monoisotopic (exact) mass is 348 g/mol. The van der Waals surface area contributed by atoms with Crippen LogP contribution in [0.1, 0.15) is 49.8 Å². The minimum atomic E-state index is -0.319. The maximum absolute atomic E-state index is 12.6. The van der Waals surface area contributed by atoms with E-state index in [1.807, 2.05) is 48.5 Å². The summed E-state index contributed by atoms with van der Waals surface area (Å²) < 4.78 is 2.20. The number of imidazole rings is 1. The minimum absolute atomic E-state index is 0.101. The molecule has 4 rings (SSSR count). The number of nitrogens with two attached hydrogens (primary N) is 1. The molecule has 1 amide bonds. The molecule has 1 atom stereocenters. The van der Waals surface area contributed by atoms with Crippen LogP contribution in [-0.4, -0.2) is 15.5 Å². The molecule has 2 aromatic carbocycles. The average Bonchev–Trinajstić information content (AvgIpc) is 3.29. The third kappa shape index (κ3) is 3.35. The van der Waals surface area contributed by atoms with Gasteiger partial charge in [-0.05, 0) is 30.5 Å². The van der Waals surface area contributed by atoms with Gasteiger partial charge in [0, 0.05) is 18.5 Å². The third-order valence-electron chi connectivity index (χ3n) is 5.17. The number of amides is 1. The van der Waals surface area contributed by atoms with Crippen LogP contribution in [0.2, 0.25) is 0 Å². The van der Waals surface area contributed by atoms with Crippen molar-refractivity contribution in [3.8, 4) is 0 Å². The van der Waals surface area contributed by atoms with Gasteiger partial charge in [0.2, 0.25) is 11.9 Å². The lowest BCUT2D eigenvalue weighted by atomic mass is 10.0. The molecule has 0 bridgehead atoms. The van der Waals surface area contributed by atoms with Crippen LogP contribution in [-0.2, 0) is 4.79 Å². The Morgan fingerprint density at radius 2 is 1.81 bits per heavy atom. The van der Waals surface area contributed by atoms with Gasteiger partial charge >= 0.3 is 0 Å². The fourth-order valence-corrected chi connectivity index (χ4v) is 3.86. The summed E-state index contributed by atoms with van der Waals surface area (Å²) in [5.41, 5.74) is 9.17. The van der Waals surface area contributed by atoms with Crippen molar-refractivity contribution < 1.29 is 4.79 Å². The molecule has 0 saturated heterocycles.